The van der Waals surface area contributed by atoms with E-state index in [0.717, 1.165) is 50.4 Å². The average Bonchev–Trinajstić information content (AvgIpc) is 3.22. The summed E-state index contributed by atoms with van der Waals surface area (Å²) in [6.07, 6.45) is 0.753. The van der Waals surface area contributed by atoms with Crippen molar-refractivity contribution >= 4 is 11.6 Å². The van der Waals surface area contributed by atoms with Crippen LogP contribution in [0.4, 0.5) is 0 Å². The van der Waals surface area contributed by atoms with Crippen molar-refractivity contribution in [3.05, 3.63) is 70.3 Å². The lowest BCUT2D eigenvalue weighted by molar-refractivity contribution is -0.134. The number of carbonyl (C=O) groups excluding carboxylic acids is 1. The van der Waals surface area contributed by atoms with Crippen LogP contribution in [0.5, 0.6) is 0 Å². The summed E-state index contributed by atoms with van der Waals surface area (Å²) in [6.45, 7) is 14.0. The van der Waals surface area contributed by atoms with Gasteiger partial charge in [-0.05, 0) is 61.2 Å². The number of hydrazone groups is 1. The molecule has 2 aromatic carbocycles. The van der Waals surface area contributed by atoms with Crippen molar-refractivity contribution < 1.29 is 4.79 Å². The molecule has 2 aliphatic rings. The van der Waals surface area contributed by atoms with E-state index in [1.807, 2.05) is 0 Å². The van der Waals surface area contributed by atoms with Gasteiger partial charge in [-0.1, -0.05) is 43.3 Å². The number of piperazine rings is 1. The minimum Gasteiger partial charge on any atom is -0.301 e. The third kappa shape index (κ3) is 4.73. The number of carbonyl (C=O) groups is 1. The van der Waals surface area contributed by atoms with Gasteiger partial charge in [-0.15, -0.1) is 0 Å². The minimum atomic E-state index is -0.0396. The van der Waals surface area contributed by atoms with Crippen LogP contribution in [0.15, 0.2) is 47.6 Å². The Balaban J connectivity index is 1.58. The maximum atomic E-state index is 13.4. The van der Waals surface area contributed by atoms with Crippen LogP contribution >= 0.6 is 0 Å². The molecule has 2 heterocycles. The summed E-state index contributed by atoms with van der Waals surface area (Å²) in [6, 6.07) is 14.8. The first-order valence-corrected chi connectivity index (χ1v) is 11.4. The van der Waals surface area contributed by atoms with Gasteiger partial charge >= 0.3 is 0 Å². The first kappa shape index (κ1) is 21.7. The highest BCUT2D eigenvalue weighted by atomic mass is 16.2. The van der Waals surface area contributed by atoms with E-state index < -0.39 is 0 Å². The van der Waals surface area contributed by atoms with Gasteiger partial charge in [0, 0.05) is 32.6 Å². The molecular formula is C26H34N4O. The second-order valence-electron chi connectivity index (χ2n) is 8.87. The van der Waals surface area contributed by atoms with Crippen molar-refractivity contribution in [3.63, 3.8) is 0 Å². The van der Waals surface area contributed by atoms with Crippen molar-refractivity contribution in [2.24, 2.45) is 5.10 Å². The van der Waals surface area contributed by atoms with Crippen LogP contribution in [0.2, 0.25) is 0 Å². The highest BCUT2D eigenvalue weighted by Crippen LogP contribution is 2.34. The Morgan fingerprint density at radius 3 is 2.32 bits per heavy atom. The largest absolute Gasteiger partial charge is 0.301 e. The molecule has 0 N–H and O–H groups in total. The Morgan fingerprint density at radius 2 is 1.65 bits per heavy atom. The summed E-state index contributed by atoms with van der Waals surface area (Å²) in [7, 11) is 0. The molecule has 31 heavy (non-hydrogen) atoms. The van der Waals surface area contributed by atoms with E-state index in [1.54, 1.807) is 5.01 Å². The molecule has 0 aliphatic carbocycles. The molecule has 0 aromatic heterocycles. The van der Waals surface area contributed by atoms with Gasteiger partial charge in [-0.2, -0.15) is 5.10 Å². The fraction of sp³-hybridized carbons (Fsp3) is 0.462. The zero-order valence-corrected chi connectivity index (χ0v) is 19.3. The fourth-order valence-electron chi connectivity index (χ4n) is 4.57. The number of rotatable bonds is 5. The number of aryl methyl sites for hydroxylation is 3. The smallest absolute Gasteiger partial charge is 0.257 e. The molecule has 2 aromatic rings. The molecule has 0 spiro atoms. The lowest BCUT2D eigenvalue weighted by Crippen LogP contribution is -2.49. The van der Waals surface area contributed by atoms with Gasteiger partial charge in [0.15, 0.2) is 0 Å². The van der Waals surface area contributed by atoms with Crippen LogP contribution in [-0.2, 0) is 4.79 Å². The Bertz CT molecular complexity index is 975. The van der Waals surface area contributed by atoms with E-state index in [0.29, 0.717) is 6.54 Å². The van der Waals surface area contributed by atoms with Gasteiger partial charge in [0.25, 0.3) is 5.91 Å². The normalized spacial score (nSPS) is 20.2. The van der Waals surface area contributed by atoms with E-state index in [-0.39, 0.29) is 11.9 Å². The van der Waals surface area contributed by atoms with Gasteiger partial charge in [0.1, 0.15) is 0 Å². The monoisotopic (exact) mass is 418 g/mol. The van der Waals surface area contributed by atoms with Gasteiger partial charge < -0.3 is 4.90 Å². The zero-order chi connectivity index (χ0) is 22.0. The van der Waals surface area contributed by atoms with Crippen molar-refractivity contribution in [2.45, 2.75) is 40.2 Å². The van der Waals surface area contributed by atoms with Crippen LogP contribution in [0, 0.1) is 20.8 Å². The molecule has 1 saturated heterocycles. The third-order valence-electron chi connectivity index (χ3n) is 6.82. The Labute approximate surface area is 186 Å². The molecule has 1 amide bonds. The van der Waals surface area contributed by atoms with Gasteiger partial charge in [0.2, 0.25) is 0 Å². The number of hydrogen-bond donors (Lipinski definition) is 0. The zero-order valence-electron chi connectivity index (χ0n) is 19.3. The summed E-state index contributed by atoms with van der Waals surface area (Å²) in [5.41, 5.74) is 7.05. The Morgan fingerprint density at radius 1 is 0.935 bits per heavy atom. The standard InChI is InChI=1S/C26H34N4O/c1-5-28-12-14-29(15-13-28)18-26(31)30-25(23-9-7-6-8-20(23)3)17-24(27-30)22-11-10-19(2)21(4)16-22/h6-11,16,25H,5,12-15,17-18H2,1-4H3/t25-/m1/s1. The maximum Gasteiger partial charge on any atom is 0.257 e. The molecule has 1 fully saturated rings. The SMILES string of the molecule is CCN1CCN(CC(=O)N2N=C(c3ccc(C)c(C)c3)C[C@@H]2c2ccccc2C)CC1. The number of benzene rings is 2. The van der Waals surface area contributed by atoms with Crippen molar-refractivity contribution in [1.82, 2.24) is 14.8 Å². The van der Waals surface area contributed by atoms with E-state index >= 15 is 0 Å². The first-order valence-electron chi connectivity index (χ1n) is 11.4. The second kappa shape index (κ2) is 9.33. The maximum absolute atomic E-state index is 13.4. The summed E-state index contributed by atoms with van der Waals surface area (Å²) in [5.74, 6) is 0.0945. The fourth-order valence-corrected chi connectivity index (χ4v) is 4.57. The predicted octanol–water partition coefficient (Wildman–Crippen LogP) is 3.93. The lowest BCUT2D eigenvalue weighted by atomic mass is 9.94. The second-order valence-corrected chi connectivity index (χ2v) is 8.87. The molecule has 0 unspecified atom stereocenters. The third-order valence-corrected chi connectivity index (χ3v) is 6.82. The highest BCUT2D eigenvalue weighted by Gasteiger charge is 2.34. The van der Waals surface area contributed by atoms with Crippen LogP contribution < -0.4 is 0 Å². The molecule has 0 radical (unpaired) electrons. The predicted molar refractivity (Wildman–Crippen MR) is 126 cm³/mol. The average molecular weight is 419 g/mol. The van der Waals surface area contributed by atoms with Crippen LogP contribution in [-0.4, -0.2) is 65.7 Å². The van der Waals surface area contributed by atoms with Crippen molar-refractivity contribution in [2.75, 3.05) is 39.3 Å². The highest BCUT2D eigenvalue weighted by molar-refractivity contribution is 6.03. The first-order chi connectivity index (χ1) is 15.0. The molecule has 5 nitrogen and oxygen atoms in total. The van der Waals surface area contributed by atoms with Crippen molar-refractivity contribution in [3.8, 4) is 0 Å². The topological polar surface area (TPSA) is 39.1 Å². The van der Waals surface area contributed by atoms with Gasteiger partial charge in [-0.25, -0.2) is 5.01 Å². The molecule has 4 rings (SSSR count). The van der Waals surface area contributed by atoms with Crippen LogP contribution in [0.3, 0.4) is 0 Å². The molecule has 1 atom stereocenters. The molecule has 5 heteroatoms. The van der Waals surface area contributed by atoms with E-state index in [9.17, 15) is 4.79 Å². The summed E-state index contributed by atoms with van der Waals surface area (Å²) < 4.78 is 0. The summed E-state index contributed by atoms with van der Waals surface area (Å²) in [4.78, 5) is 18.1. The number of amides is 1. The molecule has 2 aliphatic heterocycles. The lowest BCUT2D eigenvalue weighted by Gasteiger charge is -2.34. The molecular weight excluding hydrogens is 384 g/mol. The van der Waals surface area contributed by atoms with E-state index in [1.165, 1.54) is 22.3 Å². The van der Waals surface area contributed by atoms with Crippen LogP contribution in [0.1, 0.15) is 47.2 Å². The quantitative estimate of drug-likeness (QED) is 0.739. The number of likely N-dealkylation sites (N-methyl/N-ethyl adjacent to an activating group) is 1. The molecule has 0 saturated carbocycles. The Hall–Kier alpha value is -2.50. The van der Waals surface area contributed by atoms with Gasteiger partial charge in [-0.3, -0.25) is 9.69 Å². The summed E-state index contributed by atoms with van der Waals surface area (Å²) >= 11 is 0. The minimum absolute atomic E-state index is 0.0396. The Kier molecular flexibility index (Phi) is 6.54. The number of hydrogen-bond acceptors (Lipinski definition) is 4. The van der Waals surface area contributed by atoms with Crippen LogP contribution in [0.25, 0.3) is 0 Å². The van der Waals surface area contributed by atoms with Gasteiger partial charge in [0.05, 0.1) is 18.3 Å². The van der Waals surface area contributed by atoms with Crippen molar-refractivity contribution in [1.29, 1.82) is 0 Å². The summed E-state index contributed by atoms with van der Waals surface area (Å²) in [5, 5.41) is 6.65. The number of nitrogens with zero attached hydrogens (tertiary/aromatic N) is 4. The molecule has 0 bridgehead atoms. The van der Waals surface area contributed by atoms with E-state index in [4.69, 9.17) is 5.10 Å². The van der Waals surface area contributed by atoms with E-state index in [2.05, 4.69) is 80.0 Å². The molecule has 164 valence electrons.